The van der Waals surface area contributed by atoms with Gasteiger partial charge >= 0.3 is 5.97 Å². The van der Waals surface area contributed by atoms with Crippen LogP contribution in [0, 0.1) is 0 Å². The summed E-state index contributed by atoms with van der Waals surface area (Å²) in [5, 5.41) is 0. The Morgan fingerprint density at radius 2 is 2.00 bits per heavy atom. The number of carbonyl (C=O) groups excluding carboxylic acids is 2. The van der Waals surface area contributed by atoms with E-state index in [-0.39, 0.29) is 24.6 Å². The lowest BCUT2D eigenvalue weighted by Gasteiger charge is -2.15. The number of nitrogens with zero attached hydrogens (tertiary/aromatic N) is 1. The summed E-state index contributed by atoms with van der Waals surface area (Å²) in [6, 6.07) is 5.33. The van der Waals surface area contributed by atoms with Crippen molar-refractivity contribution in [2.75, 3.05) is 33.9 Å². The molecule has 21 heavy (non-hydrogen) atoms. The maximum Gasteiger partial charge on any atom is 0.319 e. The molecule has 0 spiro atoms. The molecule has 1 aliphatic heterocycles. The third kappa shape index (κ3) is 5.12. The van der Waals surface area contributed by atoms with Crippen LogP contribution in [-0.2, 0) is 16.0 Å². The van der Waals surface area contributed by atoms with Crippen LogP contribution in [0.2, 0.25) is 0 Å². The summed E-state index contributed by atoms with van der Waals surface area (Å²) in [6.07, 6.45) is 0.567. The number of Topliss-reactive ketones (excluding diaryl/α,β-unsaturated/α-hetero) is 1. The molecule has 0 bridgehead atoms. The fraction of sp³-hybridized carbons (Fsp3) is 0.467. The number of hydrogen-bond donors (Lipinski definition) is 0. The zero-order valence-electron chi connectivity index (χ0n) is 12.3. The summed E-state index contributed by atoms with van der Waals surface area (Å²) in [5.41, 5.74) is 1.51. The van der Waals surface area contributed by atoms with Crippen molar-refractivity contribution in [3.05, 3.63) is 29.3 Å². The Labute approximate surface area is 130 Å². The number of fused-ring (bicyclic) bond motifs is 1. The van der Waals surface area contributed by atoms with E-state index in [0.29, 0.717) is 24.5 Å². The van der Waals surface area contributed by atoms with E-state index in [1.807, 2.05) is 20.2 Å². The van der Waals surface area contributed by atoms with Crippen LogP contribution in [0.3, 0.4) is 0 Å². The summed E-state index contributed by atoms with van der Waals surface area (Å²) in [5.74, 6) is -0.294. The van der Waals surface area contributed by atoms with Gasteiger partial charge < -0.3 is 14.4 Å². The van der Waals surface area contributed by atoms with Crippen molar-refractivity contribution in [1.82, 2.24) is 4.90 Å². The molecule has 1 heterocycles. The minimum absolute atomic E-state index is 0. The van der Waals surface area contributed by atoms with Gasteiger partial charge in [0.25, 0.3) is 0 Å². The Bertz CT molecular complexity index is 516. The maximum atomic E-state index is 11.8. The topological polar surface area (TPSA) is 55.8 Å². The van der Waals surface area contributed by atoms with Crippen LogP contribution in [0.15, 0.2) is 18.2 Å². The Hall–Kier alpha value is -1.43. The SMILES string of the molecule is CN(C)CCOCCc1ccc2c(c1)C(=O)CC(=O)O2.Cl. The first-order valence-corrected chi connectivity index (χ1v) is 6.65. The maximum absolute atomic E-state index is 11.8. The number of esters is 1. The standard InChI is InChI=1S/C15H19NO4.ClH/c1-16(2)6-8-19-7-5-11-3-4-14-12(9-11)13(17)10-15(18)20-14;/h3-4,9H,5-8,10H2,1-2H3;1H. The highest BCUT2D eigenvalue weighted by atomic mass is 35.5. The molecule has 0 radical (unpaired) electrons. The van der Waals surface area contributed by atoms with Crippen LogP contribution in [0.1, 0.15) is 22.3 Å². The predicted octanol–water partition coefficient (Wildman–Crippen LogP) is 1.72. The van der Waals surface area contributed by atoms with Gasteiger partial charge in [0.05, 0.1) is 18.8 Å². The lowest BCUT2D eigenvalue weighted by atomic mass is 10.0. The second-order valence-corrected chi connectivity index (χ2v) is 5.07. The van der Waals surface area contributed by atoms with Gasteiger partial charge in [-0.2, -0.15) is 0 Å². The number of carbonyl (C=O) groups is 2. The van der Waals surface area contributed by atoms with Crippen LogP contribution in [0.5, 0.6) is 5.75 Å². The molecule has 0 aromatic heterocycles. The Morgan fingerprint density at radius 1 is 1.24 bits per heavy atom. The molecule has 5 nitrogen and oxygen atoms in total. The average Bonchev–Trinajstić information content (AvgIpc) is 2.38. The van der Waals surface area contributed by atoms with Gasteiger partial charge in [-0.3, -0.25) is 9.59 Å². The second kappa shape index (κ2) is 8.12. The van der Waals surface area contributed by atoms with Crippen molar-refractivity contribution in [2.24, 2.45) is 0 Å². The summed E-state index contributed by atoms with van der Waals surface area (Å²) in [6.45, 7) is 2.19. The molecular formula is C15H20ClNO4. The fourth-order valence-electron chi connectivity index (χ4n) is 1.96. The van der Waals surface area contributed by atoms with Gasteiger partial charge in [-0.25, -0.2) is 0 Å². The Kier molecular flexibility index (Phi) is 6.81. The third-order valence-corrected chi connectivity index (χ3v) is 3.09. The number of likely N-dealkylation sites (N-methyl/N-ethyl adjacent to an activating group) is 1. The second-order valence-electron chi connectivity index (χ2n) is 5.07. The van der Waals surface area contributed by atoms with Gasteiger partial charge in [-0.15, -0.1) is 12.4 Å². The van der Waals surface area contributed by atoms with Crippen molar-refractivity contribution in [3.8, 4) is 5.75 Å². The molecule has 0 unspecified atom stereocenters. The van der Waals surface area contributed by atoms with Gasteiger partial charge in [0.15, 0.2) is 5.78 Å². The number of rotatable bonds is 6. The molecule has 0 N–H and O–H groups in total. The largest absolute Gasteiger partial charge is 0.425 e. The monoisotopic (exact) mass is 313 g/mol. The van der Waals surface area contributed by atoms with E-state index >= 15 is 0 Å². The molecular weight excluding hydrogens is 294 g/mol. The van der Waals surface area contributed by atoms with E-state index < -0.39 is 5.97 Å². The van der Waals surface area contributed by atoms with Gasteiger partial charge in [0, 0.05) is 6.54 Å². The first-order chi connectivity index (χ1) is 9.56. The highest BCUT2D eigenvalue weighted by Gasteiger charge is 2.24. The molecule has 116 valence electrons. The zero-order chi connectivity index (χ0) is 14.5. The summed E-state index contributed by atoms with van der Waals surface area (Å²) >= 11 is 0. The molecule has 0 amide bonds. The molecule has 1 aliphatic rings. The quantitative estimate of drug-likeness (QED) is 0.346. The first kappa shape index (κ1) is 17.6. The molecule has 1 aromatic rings. The van der Waals surface area contributed by atoms with E-state index in [1.54, 1.807) is 12.1 Å². The van der Waals surface area contributed by atoms with E-state index in [2.05, 4.69) is 4.90 Å². The van der Waals surface area contributed by atoms with Crippen molar-refractivity contribution >= 4 is 24.2 Å². The number of benzene rings is 1. The number of hydrogen-bond acceptors (Lipinski definition) is 5. The van der Waals surface area contributed by atoms with Crippen molar-refractivity contribution in [2.45, 2.75) is 12.8 Å². The average molecular weight is 314 g/mol. The van der Waals surface area contributed by atoms with E-state index in [1.165, 1.54) is 0 Å². The molecule has 0 aliphatic carbocycles. The van der Waals surface area contributed by atoms with Crippen LogP contribution in [0.4, 0.5) is 0 Å². The summed E-state index contributed by atoms with van der Waals surface area (Å²) in [4.78, 5) is 25.0. The first-order valence-electron chi connectivity index (χ1n) is 6.65. The Morgan fingerprint density at radius 3 is 2.71 bits per heavy atom. The van der Waals surface area contributed by atoms with Crippen LogP contribution < -0.4 is 4.74 Å². The minimum Gasteiger partial charge on any atom is -0.425 e. The van der Waals surface area contributed by atoms with Crippen LogP contribution in [-0.4, -0.2) is 50.5 Å². The molecule has 1 aromatic carbocycles. The molecule has 0 atom stereocenters. The van der Waals surface area contributed by atoms with Crippen LogP contribution >= 0.6 is 12.4 Å². The van der Waals surface area contributed by atoms with E-state index in [0.717, 1.165) is 18.5 Å². The highest BCUT2D eigenvalue weighted by Crippen LogP contribution is 2.26. The van der Waals surface area contributed by atoms with Gasteiger partial charge in [-0.1, -0.05) is 6.07 Å². The van der Waals surface area contributed by atoms with Crippen molar-refractivity contribution in [3.63, 3.8) is 0 Å². The normalized spacial score (nSPS) is 13.7. The molecule has 0 fully saturated rings. The molecule has 0 saturated carbocycles. The number of ether oxygens (including phenoxy) is 2. The predicted molar refractivity (Wildman–Crippen MR) is 81.3 cm³/mol. The zero-order valence-corrected chi connectivity index (χ0v) is 13.1. The lowest BCUT2D eigenvalue weighted by molar-refractivity contribution is -0.133. The smallest absolute Gasteiger partial charge is 0.319 e. The van der Waals surface area contributed by atoms with Gasteiger partial charge in [-0.05, 0) is 38.2 Å². The van der Waals surface area contributed by atoms with Gasteiger partial charge in [0.1, 0.15) is 12.2 Å². The van der Waals surface area contributed by atoms with Crippen LogP contribution in [0.25, 0.3) is 0 Å². The minimum atomic E-state index is -0.484. The summed E-state index contributed by atoms with van der Waals surface area (Å²) < 4.78 is 10.6. The lowest BCUT2D eigenvalue weighted by Crippen LogP contribution is -2.21. The van der Waals surface area contributed by atoms with E-state index in [9.17, 15) is 9.59 Å². The van der Waals surface area contributed by atoms with Crippen molar-refractivity contribution < 1.29 is 19.1 Å². The summed E-state index contributed by atoms with van der Waals surface area (Å²) in [7, 11) is 4.00. The van der Waals surface area contributed by atoms with E-state index in [4.69, 9.17) is 9.47 Å². The highest BCUT2D eigenvalue weighted by molar-refractivity contribution is 6.10. The molecule has 0 saturated heterocycles. The number of halogens is 1. The van der Waals surface area contributed by atoms with Gasteiger partial charge in [0.2, 0.25) is 0 Å². The molecule has 2 rings (SSSR count). The molecule has 6 heteroatoms. The van der Waals surface area contributed by atoms with Crippen molar-refractivity contribution in [1.29, 1.82) is 0 Å². The number of ketones is 1. The third-order valence-electron chi connectivity index (χ3n) is 3.09. The fourth-order valence-corrected chi connectivity index (χ4v) is 1.96. The Balaban J connectivity index is 0.00000220.